The molecule has 0 saturated carbocycles. The fourth-order valence-electron chi connectivity index (χ4n) is 3.96. The standard InChI is InChI=1S/C26H19ClF3N3O5S/c1-3-37-24(35)20-21(15-5-7-16(27)8-6-15)33-23(34)19(39-25(33)32-22(20)26(28,29)30)13-14-4-9-17(38-11-10-31)18(12-14)36-2/h4-9,12-13,21H,3,11H2,1-2H3/b19-13-/t21-/m0/s1. The van der Waals surface area contributed by atoms with E-state index in [2.05, 4.69) is 4.99 Å². The molecule has 1 atom stereocenters. The van der Waals surface area contributed by atoms with Gasteiger partial charge in [-0.25, -0.2) is 9.79 Å². The van der Waals surface area contributed by atoms with Crippen molar-refractivity contribution in [2.45, 2.75) is 19.1 Å². The highest BCUT2D eigenvalue weighted by molar-refractivity contribution is 7.07. The Morgan fingerprint density at radius 1 is 1.23 bits per heavy atom. The molecular weight excluding hydrogens is 559 g/mol. The number of allylic oxidation sites excluding steroid dienone is 1. The molecule has 2 heterocycles. The average molecular weight is 578 g/mol. The minimum atomic E-state index is -5.01. The largest absolute Gasteiger partial charge is 0.493 e. The number of nitrogens with zero attached hydrogens (tertiary/aromatic N) is 3. The molecule has 8 nitrogen and oxygen atoms in total. The molecule has 1 aromatic heterocycles. The number of aromatic nitrogens is 1. The number of fused-ring (bicyclic) bond motifs is 1. The molecule has 39 heavy (non-hydrogen) atoms. The summed E-state index contributed by atoms with van der Waals surface area (Å²) in [5.74, 6) is -0.649. The third kappa shape index (κ3) is 5.69. The number of nitriles is 1. The second kappa shape index (κ2) is 11.3. The Labute approximate surface area is 228 Å². The molecule has 2 aromatic carbocycles. The Hall–Kier alpha value is -4.08. The Morgan fingerprint density at radius 3 is 2.56 bits per heavy atom. The van der Waals surface area contributed by atoms with Crippen molar-refractivity contribution >= 4 is 35.0 Å². The van der Waals surface area contributed by atoms with E-state index >= 15 is 0 Å². The van der Waals surface area contributed by atoms with Crippen molar-refractivity contribution in [1.29, 1.82) is 5.26 Å². The summed E-state index contributed by atoms with van der Waals surface area (Å²) in [4.78, 5) is 30.0. The Balaban J connectivity index is 1.96. The van der Waals surface area contributed by atoms with Gasteiger partial charge in [0.05, 0.1) is 29.9 Å². The van der Waals surface area contributed by atoms with Crippen LogP contribution < -0.4 is 24.4 Å². The Kier molecular flexibility index (Phi) is 8.13. The maximum Gasteiger partial charge on any atom is 0.434 e. The average Bonchev–Trinajstić information content (AvgIpc) is 3.21. The molecule has 0 spiro atoms. The van der Waals surface area contributed by atoms with Crippen LogP contribution in [0.1, 0.15) is 24.1 Å². The van der Waals surface area contributed by atoms with Crippen molar-refractivity contribution in [3.8, 4) is 17.6 Å². The van der Waals surface area contributed by atoms with Crippen molar-refractivity contribution < 1.29 is 32.2 Å². The zero-order chi connectivity index (χ0) is 28.3. The smallest absolute Gasteiger partial charge is 0.434 e. The molecule has 0 fully saturated rings. The van der Waals surface area contributed by atoms with Gasteiger partial charge in [0.25, 0.3) is 5.56 Å². The second-order valence-corrected chi connectivity index (χ2v) is 9.42. The normalized spacial score (nSPS) is 15.3. The number of hydrogen-bond acceptors (Lipinski definition) is 8. The van der Waals surface area contributed by atoms with Gasteiger partial charge in [0.15, 0.2) is 28.6 Å². The predicted molar refractivity (Wildman–Crippen MR) is 136 cm³/mol. The summed E-state index contributed by atoms with van der Waals surface area (Å²) in [5, 5.41) is 9.06. The van der Waals surface area contributed by atoms with Gasteiger partial charge in [-0.3, -0.25) is 9.36 Å². The Bertz CT molecular complexity index is 1670. The number of alkyl halides is 3. The zero-order valence-corrected chi connectivity index (χ0v) is 22.0. The van der Waals surface area contributed by atoms with Crippen molar-refractivity contribution in [3.63, 3.8) is 0 Å². The van der Waals surface area contributed by atoms with Crippen LogP contribution in [-0.2, 0) is 9.53 Å². The van der Waals surface area contributed by atoms with Crippen LogP contribution in [0.2, 0.25) is 5.02 Å². The van der Waals surface area contributed by atoms with Gasteiger partial charge >= 0.3 is 12.1 Å². The van der Waals surface area contributed by atoms with E-state index in [1.165, 1.54) is 50.4 Å². The summed E-state index contributed by atoms with van der Waals surface area (Å²) >= 11 is 6.72. The minimum absolute atomic E-state index is 0.0621. The quantitative estimate of drug-likeness (QED) is 0.395. The first-order valence-electron chi connectivity index (χ1n) is 11.3. The van der Waals surface area contributed by atoms with Crippen molar-refractivity contribution in [1.82, 2.24) is 4.57 Å². The van der Waals surface area contributed by atoms with Crippen molar-refractivity contribution in [2.75, 3.05) is 20.3 Å². The lowest BCUT2D eigenvalue weighted by Gasteiger charge is -2.26. The fourth-order valence-corrected chi connectivity index (χ4v) is 5.08. The second-order valence-electron chi connectivity index (χ2n) is 7.97. The Morgan fingerprint density at radius 2 is 1.95 bits per heavy atom. The molecule has 13 heteroatoms. The lowest BCUT2D eigenvalue weighted by atomic mass is 9.95. The van der Waals surface area contributed by atoms with Crippen molar-refractivity contribution in [2.24, 2.45) is 4.99 Å². The van der Waals surface area contributed by atoms with Crippen LogP contribution in [-0.4, -0.2) is 37.0 Å². The van der Waals surface area contributed by atoms with Gasteiger partial charge in [-0.1, -0.05) is 41.1 Å². The summed E-state index contributed by atoms with van der Waals surface area (Å²) < 4.78 is 59.2. The SMILES string of the molecule is CCOC(=O)C1=C(C(F)(F)F)N=c2s/c(=C\c3ccc(OCC#N)c(OC)c3)c(=O)n2[C@H]1c1ccc(Cl)cc1. The molecule has 1 aliphatic heterocycles. The lowest BCUT2D eigenvalue weighted by molar-refractivity contribution is -0.140. The molecule has 0 radical (unpaired) electrons. The molecule has 4 rings (SSSR count). The van der Waals surface area contributed by atoms with Crippen LogP contribution in [0, 0.1) is 11.3 Å². The first-order valence-corrected chi connectivity index (χ1v) is 12.5. The number of hydrogen-bond donors (Lipinski definition) is 0. The van der Waals surface area contributed by atoms with E-state index in [-0.39, 0.29) is 33.9 Å². The summed E-state index contributed by atoms with van der Waals surface area (Å²) in [6.07, 6.45) is -3.55. The van der Waals surface area contributed by atoms with E-state index in [0.29, 0.717) is 16.3 Å². The van der Waals surface area contributed by atoms with E-state index in [1.807, 2.05) is 6.07 Å². The zero-order valence-electron chi connectivity index (χ0n) is 20.4. The van der Waals surface area contributed by atoms with Gasteiger partial charge in [-0.05, 0) is 48.4 Å². The van der Waals surface area contributed by atoms with Gasteiger partial charge in [0.1, 0.15) is 6.07 Å². The molecule has 0 N–H and O–H groups in total. The topological polar surface area (TPSA) is 103 Å². The summed E-state index contributed by atoms with van der Waals surface area (Å²) in [6.45, 7) is 1.08. The molecule has 0 unspecified atom stereocenters. The fraction of sp³-hybridized carbons (Fsp3) is 0.231. The molecule has 202 valence electrons. The van der Waals surface area contributed by atoms with E-state index < -0.39 is 35.0 Å². The number of ether oxygens (including phenoxy) is 3. The van der Waals surface area contributed by atoms with E-state index in [1.54, 1.807) is 12.1 Å². The third-order valence-electron chi connectivity index (χ3n) is 5.56. The number of thiazole rings is 1. The molecule has 0 aliphatic carbocycles. The molecule has 0 saturated heterocycles. The summed E-state index contributed by atoms with van der Waals surface area (Å²) in [7, 11) is 1.40. The predicted octanol–water partition coefficient (Wildman–Crippen LogP) is 3.91. The third-order valence-corrected chi connectivity index (χ3v) is 6.79. The molecule has 3 aromatic rings. The van der Waals surface area contributed by atoms with Crippen LogP contribution in [0.5, 0.6) is 11.5 Å². The number of halogens is 4. The van der Waals surface area contributed by atoms with Gasteiger partial charge in [0.2, 0.25) is 0 Å². The number of esters is 1. The number of carbonyl (C=O) groups excluding carboxylic acids is 1. The first-order chi connectivity index (χ1) is 18.6. The number of benzene rings is 2. The monoisotopic (exact) mass is 577 g/mol. The van der Waals surface area contributed by atoms with E-state index in [9.17, 15) is 22.8 Å². The van der Waals surface area contributed by atoms with Crippen LogP contribution in [0.15, 0.2) is 63.5 Å². The van der Waals surface area contributed by atoms with Crippen LogP contribution in [0.3, 0.4) is 0 Å². The number of rotatable bonds is 7. The van der Waals surface area contributed by atoms with Crippen LogP contribution in [0.25, 0.3) is 6.08 Å². The lowest BCUT2D eigenvalue weighted by Crippen LogP contribution is -2.41. The van der Waals surface area contributed by atoms with E-state index in [0.717, 1.165) is 15.9 Å². The highest BCUT2D eigenvalue weighted by Crippen LogP contribution is 2.38. The highest BCUT2D eigenvalue weighted by atomic mass is 35.5. The first kappa shape index (κ1) is 27.9. The summed E-state index contributed by atoms with van der Waals surface area (Å²) in [5.41, 5.74) is -2.20. The van der Waals surface area contributed by atoms with Crippen molar-refractivity contribution in [3.05, 3.63) is 89.6 Å². The molecule has 0 amide bonds. The molecule has 0 bridgehead atoms. The molecular formula is C26H19ClF3N3O5S. The van der Waals surface area contributed by atoms with Crippen LogP contribution in [0.4, 0.5) is 13.2 Å². The van der Waals surface area contributed by atoms with Gasteiger partial charge in [-0.15, -0.1) is 0 Å². The number of methoxy groups -OCH3 is 1. The maximum atomic E-state index is 14.2. The highest BCUT2D eigenvalue weighted by Gasteiger charge is 2.45. The summed E-state index contributed by atoms with van der Waals surface area (Å²) in [6, 6.07) is 10.8. The number of carbonyl (C=O) groups is 1. The van der Waals surface area contributed by atoms with E-state index in [4.69, 9.17) is 31.1 Å². The maximum absolute atomic E-state index is 14.2. The molecule has 1 aliphatic rings. The van der Waals surface area contributed by atoms with Gasteiger partial charge in [-0.2, -0.15) is 18.4 Å². The van der Waals surface area contributed by atoms with Gasteiger partial charge < -0.3 is 14.2 Å². The van der Waals surface area contributed by atoms with Crippen LogP contribution >= 0.6 is 22.9 Å². The minimum Gasteiger partial charge on any atom is -0.493 e. The van der Waals surface area contributed by atoms with Gasteiger partial charge in [0, 0.05) is 5.02 Å².